The lowest BCUT2D eigenvalue weighted by Gasteiger charge is -2.08. The van der Waals surface area contributed by atoms with E-state index in [-0.39, 0.29) is 12.2 Å². The Morgan fingerprint density at radius 2 is 1.95 bits per heavy atom. The first-order valence-corrected chi connectivity index (χ1v) is 5.81. The predicted octanol–water partition coefficient (Wildman–Crippen LogP) is 2.38. The summed E-state index contributed by atoms with van der Waals surface area (Å²) in [7, 11) is 0. The van der Waals surface area contributed by atoms with Crippen molar-refractivity contribution >= 4 is 5.91 Å². The number of benzene rings is 2. The molecule has 0 aliphatic carbocycles. The van der Waals surface area contributed by atoms with E-state index < -0.39 is 11.7 Å². The number of nitrogens with zero attached hydrogens (tertiary/aromatic N) is 1. The van der Waals surface area contributed by atoms with E-state index in [1.807, 2.05) is 6.07 Å². The maximum absolute atomic E-state index is 13.0. The van der Waals surface area contributed by atoms with Gasteiger partial charge in [-0.15, -0.1) is 0 Å². The van der Waals surface area contributed by atoms with Crippen molar-refractivity contribution in [2.45, 2.75) is 6.61 Å². The van der Waals surface area contributed by atoms with E-state index in [9.17, 15) is 9.18 Å². The number of halogens is 1. The van der Waals surface area contributed by atoms with Crippen LogP contribution in [0.1, 0.15) is 21.5 Å². The fraction of sp³-hybridized carbons (Fsp3) is 0.0667. The number of carbonyl (C=O) groups is 1. The smallest absolute Gasteiger partial charge is 0.248 e. The van der Waals surface area contributed by atoms with Crippen molar-refractivity contribution < 1.29 is 13.9 Å². The normalized spacial score (nSPS) is 9.80. The van der Waals surface area contributed by atoms with Gasteiger partial charge in [0.2, 0.25) is 5.91 Å². The standard InChI is InChI=1S/C15H11FN2O2/c16-13-4-1-11(12(7-13)8-17)9-20-14-5-2-10(3-6-14)15(18)19/h1-7H,9H2,(H2,18,19). The van der Waals surface area contributed by atoms with Crippen LogP contribution >= 0.6 is 0 Å². The Labute approximate surface area is 115 Å². The summed E-state index contributed by atoms with van der Waals surface area (Å²) in [4.78, 5) is 10.9. The lowest BCUT2D eigenvalue weighted by molar-refractivity contribution is 0.1000. The zero-order valence-corrected chi connectivity index (χ0v) is 10.5. The summed E-state index contributed by atoms with van der Waals surface area (Å²) in [5, 5.41) is 8.91. The molecule has 0 aliphatic rings. The molecule has 0 aliphatic heterocycles. The summed E-state index contributed by atoms with van der Waals surface area (Å²) < 4.78 is 18.5. The summed E-state index contributed by atoms with van der Waals surface area (Å²) in [5.41, 5.74) is 6.34. The molecule has 0 saturated heterocycles. The Hall–Kier alpha value is -2.87. The number of amides is 1. The maximum atomic E-state index is 13.0. The number of nitriles is 1. The summed E-state index contributed by atoms with van der Waals surface area (Å²) in [6.07, 6.45) is 0. The highest BCUT2D eigenvalue weighted by molar-refractivity contribution is 5.92. The van der Waals surface area contributed by atoms with Crippen LogP contribution in [0.25, 0.3) is 0 Å². The number of ether oxygens (including phenoxy) is 1. The Balaban J connectivity index is 2.09. The van der Waals surface area contributed by atoms with Crippen LogP contribution < -0.4 is 10.5 Å². The SMILES string of the molecule is N#Cc1cc(F)ccc1COc1ccc(C(N)=O)cc1. The Kier molecular flexibility index (Phi) is 3.96. The number of rotatable bonds is 4. The highest BCUT2D eigenvalue weighted by Gasteiger charge is 2.05. The van der Waals surface area contributed by atoms with E-state index in [1.165, 1.54) is 12.1 Å². The molecule has 0 atom stereocenters. The van der Waals surface area contributed by atoms with Gasteiger partial charge in [-0.2, -0.15) is 5.26 Å². The lowest BCUT2D eigenvalue weighted by Crippen LogP contribution is -2.10. The van der Waals surface area contributed by atoms with Crippen molar-refractivity contribution in [3.05, 3.63) is 65.0 Å². The quantitative estimate of drug-likeness (QED) is 0.926. The molecular weight excluding hydrogens is 259 g/mol. The fourth-order valence-corrected chi connectivity index (χ4v) is 1.66. The molecule has 0 heterocycles. The van der Waals surface area contributed by atoms with Crippen molar-refractivity contribution in [3.63, 3.8) is 0 Å². The molecule has 4 nitrogen and oxygen atoms in total. The molecule has 20 heavy (non-hydrogen) atoms. The monoisotopic (exact) mass is 270 g/mol. The predicted molar refractivity (Wildman–Crippen MR) is 70.4 cm³/mol. The number of hydrogen-bond donors (Lipinski definition) is 1. The van der Waals surface area contributed by atoms with E-state index >= 15 is 0 Å². The van der Waals surface area contributed by atoms with Gasteiger partial charge in [-0.05, 0) is 36.4 Å². The molecule has 0 unspecified atom stereocenters. The molecule has 1 amide bonds. The molecule has 5 heteroatoms. The van der Waals surface area contributed by atoms with Crippen molar-refractivity contribution in [2.24, 2.45) is 5.73 Å². The molecule has 2 N–H and O–H groups in total. The third-order valence-electron chi connectivity index (χ3n) is 2.73. The van der Waals surface area contributed by atoms with Gasteiger partial charge >= 0.3 is 0 Å². The maximum Gasteiger partial charge on any atom is 0.248 e. The molecule has 2 rings (SSSR count). The van der Waals surface area contributed by atoms with Gasteiger partial charge in [0.1, 0.15) is 18.2 Å². The van der Waals surface area contributed by atoms with Crippen LogP contribution in [0.5, 0.6) is 5.75 Å². The molecule has 0 fully saturated rings. The Morgan fingerprint density at radius 1 is 1.25 bits per heavy atom. The number of carbonyl (C=O) groups excluding carboxylic acids is 1. The van der Waals surface area contributed by atoms with Crippen LogP contribution in [0.15, 0.2) is 42.5 Å². The van der Waals surface area contributed by atoms with Gasteiger partial charge in [0.25, 0.3) is 0 Å². The van der Waals surface area contributed by atoms with Crippen LogP contribution in [0.2, 0.25) is 0 Å². The topological polar surface area (TPSA) is 76.1 Å². The number of primary amides is 1. The first-order valence-electron chi connectivity index (χ1n) is 5.81. The number of nitrogens with two attached hydrogens (primary N) is 1. The van der Waals surface area contributed by atoms with E-state index in [1.54, 1.807) is 24.3 Å². The van der Waals surface area contributed by atoms with Crippen LogP contribution in [0, 0.1) is 17.1 Å². The highest BCUT2D eigenvalue weighted by atomic mass is 19.1. The minimum Gasteiger partial charge on any atom is -0.489 e. The van der Waals surface area contributed by atoms with E-state index in [2.05, 4.69) is 0 Å². The molecular formula is C15H11FN2O2. The Bertz CT molecular complexity index is 675. The molecule has 0 radical (unpaired) electrons. The summed E-state index contributed by atoms with van der Waals surface area (Å²) in [6, 6.07) is 12.2. The first kappa shape index (κ1) is 13.6. The summed E-state index contributed by atoms with van der Waals surface area (Å²) in [6.45, 7) is 0.138. The third-order valence-corrected chi connectivity index (χ3v) is 2.73. The van der Waals surface area contributed by atoms with Gasteiger partial charge in [0.15, 0.2) is 0 Å². The molecule has 0 bridgehead atoms. The van der Waals surface area contributed by atoms with Crippen LogP contribution in [0.3, 0.4) is 0 Å². The Morgan fingerprint density at radius 3 is 2.55 bits per heavy atom. The minimum absolute atomic E-state index is 0.138. The fourth-order valence-electron chi connectivity index (χ4n) is 1.66. The van der Waals surface area contributed by atoms with Gasteiger partial charge in [-0.3, -0.25) is 4.79 Å². The van der Waals surface area contributed by atoms with Crippen molar-refractivity contribution in [3.8, 4) is 11.8 Å². The van der Waals surface area contributed by atoms with Crippen molar-refractivity contribution in [2.75, 3.05) is 0 Å². The van der Waals surface area contributed by atoms with Crippen molar-refractivity contribution in [1.29, 1.82) is 5.26 Å². The molecule has 0 saturated carbocycles. The van der Waals surface area contributed by atoms with Gasteiger partial charge in [0.05, 0.1) is 11.6 Å². The minimum atomic E-state index is -0.512. The molecule has 2 aromatic carbocycles. The van der Waals surface area contributed by atoms with Gasteiger partial charge < -0.3 is 10.5 Å². The second kappa shape index (κ2) is 5.85. The molecule has 2 aromatic rings. The molecule has 0 aromatic heterocycles. The van der Waals surface area contributed by atoms with Gasteiger partial charge in [-0.1, -0.05) is 6.07 Å². The van der Waals surface area contributed by atoms with Crippen LogP contribution in [-0.4, -0.2) is 5.91 Å². The first-order chi connectivity index (χ1) is 9.60. The molecule has 100 valence electrons. The summed E-state index contributed by atoms with van der Waals surface area (Å²) >= 11 is 0. The largest absolute Gasteiger partial charge is 0.489 e. The van der Waals surface area contributed by atoms with Crippen LogP contribution in [-0.2, 0) is 6.61 Å². The summed E-state index contributed by atoms with van der Waals surface area (Å²) in [5.74, 6) is -0.443. The average Bonchev–Trinajstić information content (AvgIpc) is 2.46. The lowest BCUT2D eigenvalue weighted by atomic mass is 10.1. The third kappa shape index (κ3) is 3.12. The average molecular weight is 270 g/mol. The highest BCUT2D eigenvalue weighted by Crippen LogP contribution is 2.16. The van der Waals surface area contributed by atoms with Crippen molar-refractivity contribution in [1.82, 2.24) is 0 Å². The van der Waals surface area contributed by atoms with E-state index in [0.29, 0.717) is 16.9 Å². The number of hydrogen-bond acceptors (Lipinski definition) is 3. The second-order valence-electron chi connectivity index (χ2n) is 4.09. The van der Waals surface area contributed by atoms with E-state index in [4.69, 9.17) is 15.7 Å². The van der Waals surface area contributed by atoms with E-state index in [0.717, 1.165) is 6.07 Å². The van der Waals surface area contributed by atoms with Gasteiger partial charge in [-0.25, -0.2) is 4.39 Å². The van der Waals surface area contributed by atoms with Crippen LogP contribution in [0.4, 0.5) is 4.39 Å². The molecule has 0 spiro atoms. The second-order valence-corrected chi connectivity index (χ2v) is 4.09. The van der Waals surface area contributed by atoms with Gasteiger partial charge in [0, 0.05) is 11.1 Å². The zero-order valence-electron chi connectivity index (χ0n) is 10.5. The zero-order chi connectivity index (χ0) is 14.5.